The van der Waals surface area contributed by atoms with Crippen LogP contribution in [0.3, 0.4) is 0 Å². The van der Waals surface area contributed by atoms with Crippen LogP contribution in [-0.2, 0) is 11.3 Å². The van der Waals surface area contributed by atoms with E-state index in [-0.39, 0.29) is 17.3 Å². The van der Waals surface area contributed by atoms with Crippen molar-refractivity contribution in [2.24, 2.45) is 5.10 Å². The molecule has 1 fully saturated rings. The highest BCUT2D eigenvalue weighted by Gasteiger charge is 2.32. The molecular formula is C30H34N4O4S. The molecule has 1 saturated carbocycles. The summed E-state index contributed by atoms with van der Waals surface area (Å²) < 4.78 is 11.9. The molecule has 1 aliphatic carbocycles. The number of benzene rings is 2. The number of nitrogens with zero attached hydrogens (tertiary/aromatic N) is 2. The van der Waals surface area contributed by atoms with Gasteiger partial charge in [-0.05, 0) is 80.1 Å². The highest BCUT2D eigenvalue weighted by Crippen LogP contribution is 2.37. The van der Waals surface area contributed by atoms with Gasteiger partial charge in [0.1, 0.15) is 11.1 Å². The van der Waals surface area contributed by atoms with Crippen molar-refractivity contribution in [2.45, 2.75) is 62.3 Å². The van der Waals surface area contributed by atoms with Crippen LogP contribution in [0.1, 0.15) is 60.6 Å². The lowest BCUT2D eigenvalue weighted by atomic mass is 10.0. The smallest absolute Gasteiger partial charge is 0.272 e. The van der Waals surface area contributed by atoms with Crippen LogP contribution >= 0.6 is 11.8 Å². The number of ether oxygens (including phenoxy) is 2. The second kappa shape index (κ2) is 12.4. The first-order chi connectivity index (χ1) is 19.1. The van der Waals surface area contributed by atoms with Crippen molar-refractivity contribution >= 4 is 35.4 Å². The zero-order valence-corrected chi connectivity index (χ0v) is 23.1. The first kappa shape index (κ1) is 26.9. The van der Waals surface area contributed by atoms with Crippen molar-refractivity contribution in [1.29, 1.82) is 0 Å². The molecule has 0 spiro atoms. The van der Waals surface area contributed by atoms with Gasteiger partial charge in [0.25, 0.3) is 5.91 Å². The second-order valence-electron chi connectivity index (χ2n) is 9.77. The number of hydrazone groups is 1. The van der Waals surface area contributed by atoms with Gasteiger partial charge < -0.3 is 24.6 Å². The first-order valence-electron chi connectivity index (χ1n) is 13.4. The highest BCUT2D eigenvalue weighted by atomic mass is 32.2. The molecule has 5 rings (SSSR count). The summed E-state index contributed by atoms with van der Waals surface area (Å²) in [7, 11) is 1.66. The second-order valence-corrected chi connectivity index (χ2v) is 11.1. The zero-order chi connectivity index (χ0) is 27.2. The lowest BCUT2D eigenvalue weighted by molar-refractivity contribution is -0.110. The van der Waals surface area contributed by atoms with Crippen molar-refractivity contribution in [3.05, 3.63) is 77.6 Å². The Morgan fingerprint density at radius 3 is 2.72 bits per heavy atom. The Labute approximate surface area is 233 Å². The molecule has 2 heterocycles. The Kier molecular flexibility index (Phi) is 8.56. The Morgan fingerprint density at radius 1 is 1.15 bits per heavy atom. The van der Waals surface area contributed by atoms with E-state index in [0.29, 0.717) is 23.7 Å². The van der Waals surface area contributed by atoms with Crippen LogP contribution in [0.15, 0.2) is 65.9 Å². The molecule has 1 amide bonds. The van der Waals surface area contributed by atoms with E-state index in [1.54, 1.807) is 37.2 Å². The number of methoxy groups -OCH3 is 1. The number of nitrogens with one attached hydrogen (secondary N) is 2. The fourth-order valence-electron chi connectivity index (χ4n) is 5.04. The van der Waals surface area contributed by atoms with E-state index in [2.05, 4.69) is 17.2 Å². The van der Waals surface area contributed by atoms with Crippen molar-refractivity contribution in [1.82, 2.24) is 9.99 Å². The number of anilines is 1. The third-order valence-electron chi connectivity index (χ3n) is 7.05. The van der Waals surface area contributed by atoms with Crippen LogP contribution in [0.25, 0.3) is 0 Å². The number of carbonyl (C=O) groups is 2. The van der Waals surface area contributed by atoms with Gasteiger partial charge in [-0.1, -0.05) is 19.1 Å². The zero-order valence-electron chi connectivity index (χ0n) is 22.3. The predicted molar refractivity (Wildman–Crippen MR) is 155 cm³/mol. The maximum absolute atomic E-state index is 12.5. The molecule has 0 bridgehead atoms. The number of thioether (sulfide) groups is 1. The van der Waals surface area contributed by atoms with E-state index in [1.807, 2.05) is 47.5 Å². The third-order valence-corrected chi connectivity index (χ3v) is 8.57. The van der Waals surface area contributed by atoms with E-state index in [4.69, 9.17) is 14.6 Å². The summed E-state index contributed by atoms with van der Waals surface area (Å²) in [4.78, 5) is 27.5. The SMILES string of the molecule is CCC1SC(C=O)N(Cc2cccc(NC(=O)c3ccc[nH]3)c2)N=C1c1ccc(OC)c(OC2CCCC2)c1. The average Bonchev–Trinajstić information content (AvgIpc) is 3.68. The largest absolute Gasteiger partial charge is 0.493 e. The minimum Gasteiger partial charge on any atom is -0.493 e. The van der Waals surface area contributed by atoms with Crippen LogP contribution in [0, 0.1) is 0 Å². The normalized spacial score (nSPS) is 19.4. The van der Waals surface area contributed by atoms with Gasteiger partial charge in [0, 0.05) is 17.4 Å². The fourth-order valence-corrected chi connectivity index (χ4v) is 6.21. The van der Waals surface area contributed by atoms with E-state index < -0.39 is 5.37 Å². The van der Waals surface area contributed by atoms with Gasteiger partial charge in [0.15, 0.2) is 17.8 Å². The number of H-pyrrole nitrogens is 1. The number of carbonyl (C=O) groups excluding carboxylic acids is 2. The van der Waals surface area contributed by atoms with E-state index in [0.717, 1.165) is 48.1 Å². The van der Waals surface area contributed by atoms with Crippen molar-refractivity contribution in [2.75, 3.05) is 12.4 Å². The van der Waals surface area contributed by atoms with E-state index in [1.165, 1.54) is 12.8 Å². The molecule has 8 nitrogen and oxygen atoms in total. The van der Waals surface area contributed by atoms with Gasteiger partial charge in [0.05, 0.1) is 30.7 Å². The number of aldehydes is 1. The van der Waals surface area contributed by atoms with E-state index in [9.17, 15) is 9.59 Å². The number of aromatic amines is 1. The van der Waals surface area contributed by atoms with Gasteiger partial charge in [-0.3, -0.25) is 9.80 Å². The van der Waals surface area contributed by atoms with Crippen molar-refractivity contribution in [3.8, 4) is 11.5 Å². The Hall–Kier alpha value is -3.72. The summed E-state index contributed by atoms with van der Waals surface area (Å²) in [6, 6.07) is 17.1. The summed E-state index contributed by atoms with van der Waals surface area (Å²) in [5, 5.41) is 9.42. The van der Waals surface area contributed by atoms with Crippen molar-refractivity contribution < 1.29 is 19.1 Å². The monoisotopic (exact) mass is 546 g/mol. The van der Waals surface area contributed by atoms with Gasteiger partial charge >= 0.3 is 0 Å². The number of aromatic nitrogens is 1. The minimum atomic E-state index is -0.414. The van der Waals surface area contributed by atoms with Gasteiger partial charge in [-0.15, -0.1) is 11.8 Å². The van der Waals surface area contributed by atoms with Gasteiger partial charge in [-0.25, -0.2) is 0 Å². The number of rotatable bonds is 10. The maximum atomic E-state index is 12.5. The number of amides is 1. The van der Waals surface area contributed by atoms with E-state index >= 15 is 0 Å². The van der Waals surface area contributed by atoms with Crippen LogP contribution in [-0.4, -0.2) is 51.7 Å². The molecule has 39 heavy (non-hydrogen) atoms. The minimum absolute atomic E-state index is 0.0654. The molecule has 2 N–H and O–H groups in total. The molecule has 9 heteroatoms. The maximum Gasteiger partial charge on any atom is 0.272 e. The molecule has 2 aliphatic rings. The standard InChI is InChI=1S/C30H34N4O4S/c1-3-27-29(21-13-14-25(37-2)26(17-21)38-23-10-4-5-11-23)33-34(28(19-35)39-27)18-20-8-6-9-22(16-20)32-30(36)24-12-7-15-31-24/h6-9,12-17,19,23,27-28,31H,3-5,10-11,18H2,1-2H3,(H,32,36). The first-order valence-corrected chi connectivity index (χ1v) is 14.4. The van der Waals surface area contributed by atoms with Gasteiger partial charge in [0.2, 0.25) is 0 Å². The molecule has 2 unspecified atom stereocenters. The average molecular weight is 547 g/mol. The predicted octanol–water partition coefficient (Wildman–Crippen LogP) is 5.85. The van der Waals surface area contributed by atoms with Crippen LogP contribution in [0.5, 0.6) is 11.5 Å². The molecule has 204 valence electrons. The lowest BCUT2D eigenvalue weighted by Crippen LogP contribution is -2.39. The molecule has 0 radical (unpaired) electrons. The molecule has 3 aromatic rings. The highest BCUT2D eigenvalue weighted by molar-refractivity contribution is 8.01. The molecule has 1 aromatic heterocycles. The molecular weight excluding hydrogens is 512 g/mol. The molecule has 1 aliphatic heterocycles. The summed E-state index contributed by atoms with van der Waals surface area (Å²) in [5.74, 6) is 1.24. The van der Waals surface area contributed by atoms with Crippen molar-refractivity contribution in [3.63, 3.8) is 0 Å². The number of hydrogen-bond donors (Lipinski definition) is 2. The summed E-state index contributed by atoms with van der Waals surface area (Å²) in [5.41, 5.74) is 3.98. The molecule has 2 aromatic carbocycles. The molecule has 0 saturated heterocycles. The Bertz CT molecular complexity index is 1320. The summed E-state index contributed by atoms with van der Waals surface area (Å²) in [6.07, 6.45) is 8.20. The van der Waals surface area contributed by atoms with Crippen LogP contribution in [0.2, 0.25) is 0 Å². The summed E-state index contributed by atoms with van der Waals surface area (Å²) >= 11 is 1.60. The third kappa shape index (κ3) is 6.30. The Morgan fingerprint density at radius 2 is 2.00 bits per heavy atom. The fraction of sp³-hybridized carbons (Fsp3) is 0.367. The van der Waals surface area contributed by atoms with Crippen LogP contribution in [0.4, 0.5) is 5.69 Å². The Balaban J connectivity index is 1.40. The lowest BCUT2D eigenvalue weighted by Gasteiger charge is -2.35. The van der Waals surface area contributed by atoms with Crippen LogP contribution < -0.4 is 14.8 Å². The topological polar surface area (TPSA) is 96.0 Å². The quantitative estimate of drug-likeness (QED) is 0.310. The molecule has 2 atom stereocenters. The summed E-state index contributed by atoms with van der Waals surface area (Å²) in [6.45, 7) is 2.53. The van der Waals surface area contributed by atoms with Gasteiger partial charge in [-0.2, -0.15) is 5.10 Å². The number of hydrogen-bond acceptors (Lipinski definition) is 7.